The van der Waals surface area contributed by atoms with E-state index in [0.29, 0.717) is 5.69 Å². The predicted molar refractivity (Wildman–Crippen MR) is 80.5 cm³/mol. The Hall–Kier alpha value is -1.81. The molecule has 0 radical (unpaired) electrons. The van der Waals surface area contributed by atoms with Gasteiger partial charge in [0, 0.05) is 5.69 Å². The number of methoxy groups -OCH3 is 1. The van der Waals surface area contributed by atoms with Crippen LogP contribution in [0.1, 0.15) is 10.5 Å². The Morgan fingerprint density at radius 3 is 2.32 bits per heavy atom. The van der Waals surface area contributed by atoms with Gasteiger partial charge in [-0.2, -0.15) is 0 Å². The van der Waals surface area contributed by atoms with Crippen molar-refractivity contribution < 1.29 is 9.53 Å². The van der Waals surface area contributed by atoms with Gasteiger partial charge in [0.15, 0.2) is 0 Å². The summed E-state index contributed by atoms with van der Waals surface area (Å²) in [7, 11) is -0.135. The van der Waals surface area contributed by atoms with Crippen molar-refractivity contribution in [1.82, 2.24) is 4.98 Å². The fourth-order valence-corrected chi connectivity index (χ4v) is 3.63. The second kappa shape index (κ2) is 5.05. The number of ether oxygens (including phenoxy) is 1. The van der Waals surface area contributed by atoms with Gasteiger partial charge in [-0.1, -0.05) is 50.0 Å². The van der Waals surface area contributed by atoms with Crippen LogP contribution in [-0.4, -0.2) is 26.1 Å². The van der Waals surface area contributed by atoms with Crippen LogP contribution in [0.25, 0.3) is 11.3 Å². The average Bonchev–Trinajstić information content (AvgIpc) is 2.84. The normalized spacial score (nSPS) is 11.4. The number of aromatic nitrogens is 1. The zero-order chi connectivity index (χ0) is 14.0. The number of carbonyl (C=O) groups is 1. The lowest BCUT2D eigenvalue weighted by Gasteiger charge is -2.17. The maximum absolute atomic E-state index is 11.7. The lowest BCUT2D eigenvalue weighted by molar-refractivity contribution is 0.0595. The van der Waals surface area contributed by atoms with Gasteiger partial charge in [0.05, 0.1) is 15.2 Å². The summed E-state index contributed by atoms with van der Waals surface area (Å²) in [6.07, 6.45) is 0. The molecule has 0 aliphatic rings. The molecule has 4 heteroatoms. The lowest BCUT2D eigenvalue weighted by atomic mass is 10.2. The smallest absolute Gasteiger partial charge is 0.354 e. The Bertz CT molecular complexity index is 582. The van der Waals surface area contributed by atoms with E-state index in [0.717, 1.165) is 11.3 Å². The summed E-state index contributed by atoms with van der Waals surface area (Å²) < 4.78 is 4.80. The summed E-state index contributed by atoms with van der Waals surface area (Å²) >= 11 is 0. The first kappa shape index (κ1) is 13.6. The van der Waals surface area contributed by atoms with Crippen molar-refractivity contribution in [1.29, 1.82) is 0 Å². The molecule has 0 bridgehead atoms. The molecule has 3 nitrogen and oxygen atoms in total. The Labute approximate surface area is 114 Å². The molecule has 1 aromatic carbocycles. The molecule has 0 spiro atoms. The maximum Gasteiger partial charge on any atom is 0.354 e. The van der Waals surface area contributed by atoms with Gasteiger partial charge in [-0.15, -0.1) is 0 Å². The van der Waals surface area contributed by atoms with Crippen molar-refractivity contribution in [2.75, 3.05) is 7.11 Å². The molecule has 2 aromatic rings. The summed E-state index contributed by atoms with van der Waals surface area (Å²) in [5, 5.41) is 1.25. The molecule has 0 aliphatic carbocycles. The first-order valence-corrected chi connectivity index (χ1v) is 9.80. The summed E-state index contributed by atoms with van der Waals surface area (Å²) in [5.41, 5.74) is 2.68. The molecular formula is C15H19NO2Si. The Morgan fingerprint density at radius 1 is 1.16 bits per heavy atom. The van der Waals surface area contributed by atoms with Crippen molar-refractivity contribution in [3.05, 3.63) is 42.1 Å². The molecule has 0 saturated heterocycles. The van der Waals surface area contributed by atoms with Gasteiger partial charge >= 0.3 is 5.97 Å². The fraction of sp³-hybridized carbons (Fsp3) is 0.267. The van der Waals surface area contributed by atoms with Crippen LogP contribution in [0.5, 0.6) is 0 Å². The van der Waals surface area contributed by atoms with E-state index < -0.39 is 8.07 Å². The SMILES string of the molecule is COC(=O)c1cc([Si](C)(C)C)c(-c2ccccc2)[nH]1. The van der Waals surface area contributed by atoms with E-state index in [4.69, 9.17) is 4.74 Å². The summed E-state index contributed by atoms with van der Waals surface area (Å²) in [6.45, 7) is 6.80. The second-order valence-electron chi connectivity index (χ2n) is 5.58. The Kier molecular flexibility index (Phi) is 3.62. The molecule has 0 saturated carbocycles. The summed E-state index contributed by atoms with van der Waals surface area (Å²) in [6, 6.07) is 12.0. The standard InChI is InChI=1S/C15H19NO2Si/c1-18-15(17)12-10-13(19(2,3)4)14(16-12)11-8-6-5-7-9-11/h5-10,16H,1-4H3. The number of rotatable bonds is 3. The van der Waals surface area contributed by atoms with Crippen molar-refractivity contribution in [2.45, 2.75) is 19.6 Å². The molecule has 0 fully saturated rings. The highest BCUT2D eigenvalue weighted by Gasteiger charge is 2.25. The summed E-state index contributed by atoms with van der Waals surface area (Å²) in [4.78, 5) is 14.9. The largest absolute Gasteiger partial charge is 0.464 e. The quantitative estimate of drug-likeness (QED) is 0.690. The fourth-order valence-electron chi connectivity index (χ4n) is 2.10. The van der Waals surface area contributed by atoms with Crippen LogP contribution in [-0.2, 0) is 4.74 Å². The minimum atomic E-state index is -1.54. The van der Waals surface area contributed by atoms with Crippen LogP contribution in [0.15, 0.2) is 36.4 Å². The zero-order valence-corrected chi connectivity index (χ0v) is 12.8. The molecule has 100 valence electrons. The number of aromatic amines is 1. The van der Waals surface area contributed by atoms with Crippen LogP contribution >= 0.6 is 0 Å². The van der Waals surface area contributed by atoms with Crippen molar-refractivity contribution in [3.63, 3.8) is 0 Å². The highest BCUT2D eigenvalue weighted by Crippen LogP contribution is 2.20. The van der Waals surface area contributed by atoms with Crippen molar-refractivity contribution in [3.8, 4) is 11.3 Å². The van der Waals surface area contributed by atoms with E-state index in [1.54, 1.807) is 0 Å². The molecule has 0 aliphatic heterocycles. The van der Waals surface area contributed by atoms with Gasteiger partial charge in [0.25, 0.3) is 0 Å². The monoisotopic (exact) mass is 273 g/mol. The third kappa shape index (κ3) is 2.79. The van der Waals surface area contributed by atoms with E-state index >= 15 is 0 Å². The number of hydrogen-bond donors (Lipinski definition) is 1. The lowest BCUT2D eigenvalue weighted by Crippen LogP contribution is -2.38. The van der Waals surface area contributed by atoms with Crippen LogP contribution in [0.3, 0.4) is 0 Å². The molecule has 19 heavy (non-hydrogen) atoms. The van der Waals surface area contributed by atoms with Crippen LogP contribution < -0.4 is 5.19 Å². The number of carbonyl (C=O) groups excluding carboxylic acids is 1. The molecule has 0 unspecified atom stereocenters. The first-order valence-electron chi connectivity index (χ1n) is 6.30. The van der Waals surface area contributed by atoms with Gasteiger partial charge in [0.1, 0.15) is 5.69 Å². The van der Waals surface area contributed by atoms with E-state index in [2.05, 4.69) is 36.8 Å². The highest BCUT2D eigenvalue weighted by molar-refractivity contribution is 6.89. The second-order valence-corrected chi connectivity index (χ2v) is 10.6. The maximum atomic E-state index is 11.7. The molecule has 1 heterocycles. The zero-order valence-electron chi connectivity index (χ0n) is 11.8. The highest BCUT2D eigenvalue weighted by atomic mass is 28.3. The first-order chi connectivity index (χ1) is 8.93. The van der Waals surface area contributed by atoms with Gasteiger partial charge in [-0.05, 0) is 16.8 Å². The van der Waals surface area contributed by atoms with E-state index in [9.17, 15) is 4.79 Å². The van der Waals surface area contributed by atoms with Crippen LogP contribution in [0.2, 0.25) is 19.6 Å². The minimum absolute atomic E-state index is 0.318. The van der Waals surface area contributed by atoms with Crippen LogP contribution in [0.4, 0.5) is 0 Å². The number of nitrogens with one attached hydrogen (secondary N) is 1. The number of esters is 1. The molecule has 0 atom stereocenters. The molecular weight excluding hydrogens is 254 g/mol. The van der Waals surface area contributed by atoms with E-state index in [1.807, 2.05) is 24.3 Å². The molecule has 2 rings (SSSR count). The van der Waals surface area contributed by atoms with Crippen molar-refractivity contribution in [2.24, 2.45) is 0 Å². The predicted octanol–water partition coefficient (Wildman–Crippen LogP) is 3.01. The minimum Gasteiger partial charge on any atom is -0.464 e. The van der Waals surface area contributed by atoms with Gasteiger partial charge in [0.2, 0.25) is 0 Å². The van der Waals surface area contributed by atoms with Gasteiger partial charge in [-0.25, -0.2) is 4.79 Å². The summed E-state index contributed by atoms with van der Waals surface area (Å²) in [5.74, 6) is -0.318. The average molecular weight is 273 g/mol. The van der Waals surface area contributed by atoms with Crippen molar-refractivity contribution >= 4 is 19.2 Å². The molecule has 1 aromatic heterocycles. The van der Waals surface area contributed by atoms with Gasteiger partial charge in [-0.3, -0.25) is 0 Å². The number of benzene rings is 1. The number of H-pyrrole nitrogens is 1. The Morgan fingerprint density at radius 2 is 1.79 bits per heavy atom. The van der Waals surface area contributed by atoms with E-state index in [-0.39, 0.29) is 5.97 Å². The van der Waals surface area contributed by atoms with E-state index in [1.165, 1.54) is 12.3 Å². The van der Waals surface area contributed by atoms with Gasteiger partial charge < -0.3 is 9.72 Å². The Balaban J connectivity index is 2.59. The molecule has 1 N–H and O–H groups in total. The topological polar surface area (TPSA) is 42.1 Å². The molecule has 0 amide bonds. The number of hydrogen-bond acceptors (Lipinski definition) is 2. The third-order valence-electron chi connectivity index (χ3n) is 3.09. The third-order valence-corrected chi connectivity index (χ3v) is 5.10. The van der Waals surface area contributed by atoms with Crippen LogP contribution in [0, 0.1) is 0 Å².